The summed E-state index contributed by atoms with van der Waals surface area (Å²) in [5, 5.41) is 17.2. The van der Waals surface area contributed by atoms with Crippen molar-refractivity contribution in [3.63, 3.8) is 0 Å². The lowest BCUT2D eigenvalue weighted by atomic mass is 10.0. The summed E-state index contributed by atoms with van der Waals surface area (Å²) in [6.07, 6.45) is -1.61. The van der Waals surface area contributed by atoms with Crippen molar-refractivity contribution in [3.8, 4) is 17.2 Å². The zero-order chi connectivity index (χ0) is 29.0. The number of ether oxygens (including phenoxy) is 2. The smallest absolute Gasteiger partial charge is 0.416 e. The van der Waals surface area contributed by atoms with Gasteiger partial charge in [0.25, 0.3) is 0 Å². The molecular weight excluding hydrogens is 543 g/mol. The van der Waals surface area contributed by atoms with Crippen LogP contribution in [0.5, 0.6) is 17.2 Å². The molecule has 1 aliphatic heterocycles. The Kier molecular flexibility index (Phi) is 8.04. The molecule has 2 aliphatic rings. The number of hydrogen-bond acceptors (Lipinski definition) is 6. The lowest BCUT2D eigenvalue weighted by Crippen LogP contribution is -2.51. The molecule has 1 aliphatic carbocycles. The van der Waals surface area contributed by atoms with Gasteiger partial charge in [-0.2, -0.15) is 13.2 Å². The van der Waals surface area contributed by atoms with Crippen LogP contribution in [0.1, 0.15) is 18.4 Å². The summed E-state index contributed by atoms with van der Waals surface area (Å²) in [5.74, 6) is 2.32. The zero-order valence-electron chi connectivity index (χ0n) is 21.8. The fraction of sp³-hybridized carbons (Fsp3) is 0.321. The van der Waals surface area contributed by atoms with E-state index in [1.807, 2.05) is 0 Å². The van der Waals surface area contributed by atoms with Gasteiger partial charge in [-0.15, -0.1) is 0 Å². The van der Waals surface area contributed by atoms with E-state index < -0.39 is 23.9 Å². The van der Waals surface area contributed by atoms with Crippen LogP contribution in [0.4, 0.5) is 40.0 Å². The molecule has 1 aromatic heterocycles. The SMILES string of the molecule is O=C(Nc1ccc(Oc2ccnc(NCC3CC3)c2)cc1)Nc1cc(OCC2CN(C(=O)O)C2)cc(C(F)(F)F)c1. The van der Waals surface area contributed by atoms with Crippen molar-refractivity contribution >= 4 is 29.3 Å². The molecule has 3 amide bonds. The molecule has 2 heterocycles. The Bertz CT molecular complexity index is 1390. The lowest BCUT2D eigenvalue weighted by Gasteiger charge is -2.36. The van der Waals surface area contributed by atoms with Gasteiger partial charge in [0.2, 0.25) is 0 Å². The first-order valence-corrected chi connectivity index (χ1v) is 13.0. The van der Waals surface area contributed by atoms with Crippen LogP contribution in [-0.4, -0.2) is 53.4 Å². The van der Waals surface area contributed by atoms with E-state index in [0.717, 1.165) is 24.5 Å². The lowest BCUT2D eigenvalue weighted by molar-refractivity contribution is -0.137. The Morgan fingerprint density at radius 3 is 2.34 bits per heavy atom. The molecule has 5 rings (SSSR count). The number of halogens is 3. The van der Waals surface area contributed by atoms with Crippen LogP contribution in [0.2, 0.25) is 0 Å². The summed E-state index contributed by atoms with van der Waals surface area (Å²) in [6.45, 7) is 1.41. The van der Waals surface area contributed by atoms with Gasteiger partial charge >= 0.3 is 18.3 Å². The number of carbonyl (C=O) groups excluding carboxylic acids is 1. The molecule has 1 saturated heterocycles. The minimum absolute atomic E-state index is 0.0446. The minimum Gasteiger partial charge on any atom is -0.493 e. The molecule has 0 atom stereocenters. The van der Waals surface area contributed by atoms with E-state index in [2.05, 4.69) is 20.9 Å². The second-order valence-corrected chi connectivity index (χ2v) is 10.0. The Morgan fingerprint density at radius 2 is 1.66 bits per heavy atom. The number of pyridine rings is 1. The predicted molar refractivity (Wildman–Crippen MR) is 145 cm³/mol. The van der Waals surface area contributed by atoms with Gasteiger partial charge in [-0.05, 0) is 61.2 Å². The van der Waals surface area contributed by atoms with Crippen LogP contribution in [0.15, 0.2) is 60.8 Å². The third-order valence-corrected chi connectivity index (χ3v) is 6.55. The molecule has 1 saturated carbocycles. The highest BCUT2D eigenvalue weighted by Crippen LogP contribution is 2.35. The number of nitrogens with one attached hydrogen (secondary N) is 3. The van der Waals surface area contributed by atoms with Crippen molar-refractivity contribution in [2.24, 2.45) is 11.8 Å². The molecule has 2 aromatic carbocycles. The van der Waals surface area contributed by atoms with E-state index in [1.165, 1.54) is 23.8 Å². The van der Waals surface area contributed by atoms with Crippen molar-refractivity contribution in [1.29, 1.82) is 0 Å². The molecule has 4 N–H and O–H groups in total. The highest BCUT2D eigenvalue weighted by Gasteiger charge is 2.33. The first-order chi connectivity index (χ1) is 19.6. The number of carbonyl (C=O) groups is 2. The van der Waals surface area contributed by atoms with E-state index in [-0.39, 0.29) is 37.1 Å². The molecule has 0 unspecified atom stereocenters. The van der Waals surface area contributed by atoms with Crippen LogP contribution in [0.3, 0.4) is 0 Å². The summed E-state index contributed by atoms with van der Waals surface area (Å²) >= 11 is 0. The molecule has 0 radical (unpaired) electrons. The fourth-order valence-electron chi connectivity index (χ4n) is 4.14. The monoisotopic (exact) mass is 571 g/mol. The van der Waals surface area contributed by atoms with Crippen molar-refractivity contribution in [3.05, 3.63) is 66.4 Å². The number of anilines is 3. The van der Waals surface area contributed by atoms with Gasteiger partial charge in [0.1, 0.15) is 23.1 Å². The third-order valence-electron chi connectivity index (χ3n) is 6.55. The Hall–Kier alpha value is -4.68. The number of urea groups is 1. The summed E-state index contributed by atoms with van der Waals surface area (Å²) in [7, 11) is 0. The van der Waals surface area contributed by atoms with Crippen molar-refractivity contribution in [1.82, 2.24) is 9.88 Å². The van der Waals surface area contributed by atoms with E-state index in [4.69, 9.17) is 14.6 Å². The maximum atomic E-state index is 13.5. The Balaban J connectivity index is 1.16. The first-order valence-electron chi connectivity index (χ1n) is 13.0. The second-order valence-electron chi connectivity index (χ2n) is 10.0. The van der Waals surface area contributed by atoms with E-state index >= 15 is 0 Å². The van der Waals surface area contributed by atoms with Gasteiger partial charge in [0, 0.05) is 55.3 Å². The second kappa shape index (κ2) is 11.8. The normalized spacial score (nSPS) is 15.0. The molecule has 0 bridgehead atoms. The number of nitrogens with zero attached hydrogens (tertiary/aromatic N) is 2. The predicted octanol–water partition coefficient (Wildman–Crippen LogP) is 6.35. The van der Waals surface area contributed by atoms with Crippen LogP contribution < -0.4 is 25.4 Å². The number of hydrogen-bond donors (Lipinski definition) is 4. The van der Waals surface area contributed by atoms with Crippen molar-refractivity contribution in [2.45, 2.75) is 19.0 Å². The number of benzene rings is 2. The number of aromatic nitrogens is 1. The Labute approximate surface area is 233 Å². The number of carboxylic acid groups (broad SMARTS) is 1. The first kappa shape index (κ1) is 27.9. The summed E-state index contributed by atoms with van der Waals surface area (Å²) in [6, 6.07) is 12.2. The van der Waals surface area contributed by atoms with Gasteiger partial charge in [0.05, 0.1) is 12.2 Å². The third kappa shape index (κ3) is 7.93. The van der Waals surface area contributed by atoms with Crippen molar-refractivity contribution in [2.75, 3.05) is 42.2 Å². The number of alkyl halides is 3. The number of amides is 3. The fourth-order valence-corrected chi connectivity index (χ4v) is 4.14. The summed E-state index contributed by atoms with van der Waals surface area (Å²) < 4.78 is 51.7. The number of likely N-dealkylation sites (tertiary alicyclic amines) is 1. The Morgan fingerprint density at radius 1 is 0.927 bits per heavy atom. The molecule has 2 fully saturated rings. The standard InChI is InChI=1S/C28H28F3N5O5/c29-28(30,31)19-9-21(11-24(10-19)40-16-18-14-36(15-18)27(38)39)35-26(37)34-20-3-5-22(6-4-20)41-23-7-8-32-25(12-23)33-13-17-1-2-17/h3-12,17-18H,1-2,13-16H2,(H,32,33)(H,38,39)(H2,34,35,37). The molecule has 216 valence electrons. The van der Waals surface area contributed by atoms with Gasteiger partial charge in [-0.25, -0.2) is 14.6 Å². The van der Waals surface area contributed by atoms with Gasteiger partial charge in [0.15, 0.2) is 0 Å². The number of rotatable bonds is 10. The zero-order valence-corrected chi connectivity index (χ0v) is 21.8. The molecule has 41 heavy (non-hydrogen) atoms. The van der Waals surface area contributed by atoms with Crippen LogP contribution >= 0.6 is 0 Å². The molecule has 3 aromatic rings. The average Bonchev–Trinajstić information content (AvgIpc) is 3.72. The largest absolute Gasteiger partial charge is 0.493 e. The summed E-state index contributed by atoms with van der Waals surface area (Å²) in [4.78, 5) is 28.9. The quantitative estimate of drug-likeness (QED) is 0.224. The van der Waals surface area contributed by atoms with Crippen molar-refractivity contribution < 1.29 is 37.3 Å². The van der Waals surface area contributed by atoms with E-state index in [0.29, 0.717) is 23.1 Å². The molecule has 10 nitrogen and oxygen atoms in total. The maximum Gasteiger partial charge on any atom is 0.416 e. The highest BCUT2D eigenvalue weighted by molar-refractivity contribution is 6.00. The molecule has 0 spiro atoms. The van der Waals surface area contributed by atoms with Gasteiger partial charge < -0.3 is 35.4 Å². The summed E-state index contributed by atoms with van der Waals surface area (Å²) in [5.41, 5.74) is -0.709. The topological polar surface area (TPSA) is 125 Å². The molecule has 13 heteroatoms. The highest BCUT2D eigenvalue weighted by atomic mass is 19.4. The maximum absolute atomic E-state index is 13.5. The van der Waals surface area contributed by atoms with Crippen LogP contribution in [-0.2, 0) is 6.18 Å². The van der Waals surface area contributed by atoms with Crippen LogP contribution in [0.25, 0.3) is 0 Å². The average molecular weight is 572 g/mol. The van der Waals surface area contributed by atoms with Gasteiger partial charge in [-0.1, -0.05) is 0 Å². The minimum atomic E-state index is -4.67. The van der Waals surface area contributed by atoms with E-state index in [1.54, 1.807) is 42.6 Å². The van der Waals surface area contributed by atoms with Crippen LogP contribution in [0, 0.1) is 11.8 Å². The van der Waals surface area contributed by atoms with Gasteiger partial charge in [-0.3, -0.25) is 0 Å². The van der Waals surface area contributed by atoms with E-state index in [9.17, 15) is 22.8 Å². The molecular formula is C28H28F3N5O5.